The van der Waals surface area contributed by atoms with Crippen LogP contribution in [-0.4, -0.2) is 25.3 Å². The number of ether oxygens (including phenoxy) is 1. The summed E-state index contributed by atoms with van der Waals surface area (Å²) in [5.74, 6) is 2.56. The van der Waals surface area contributed by atoms with Crippen LogP contribution in [0.4, 0.5) is 5.69 Å². The lowest BCUT2D eigenvalue weighted by molar-refractivity contribution is 0.190. The minimum absolute atomic E-state index is 0.500. The number of aliphatic hydroxyl groups excluding tert-OH is 1. The molecule has 1 saturated heterocycles. The highest BCUT2D eigenvalue weighted by molar-refractivity contribution is 5.60. The molecular formula is C18H27NO2. The highest BCUT2D eigenvalue weighted by atomic mass is 16.5. The Morgan fingerprint density at radius 3 is 2.67 bits per heavy atom. The summed E-state index contributed by atoms with van der Waals surface area (Å²) in [6, 6.07) is 6.11. The lowest BCUT2D eigenvalue weighted by Gasteiger charge is -2.43. The van der Waals surface area contributed by atoms with E-state index in [4.69, 9.17) is 4.74 Å². The first-order chi connectivity index (χ1) is 10.2. The Balaban J connectivity index is 1.86. The molecule has 1 aromatic carbocycles. The van der Waals surface area contributed by atoms with Crippen LogP contribution in [0.5, 0.6) is 5.75 Å². The van der Waals surface area contributed by atoms with Gasteiger partial charge in [0.15, 0.2) is 0 Å². The summed E-state index contributed by atoms with van der Waals surface area (Å²) in [6.45, 7) is 4.07. The molecule has 2 fully saturated rings. The minimum atomic E-state index is -0.500. The Kier molecular flexibility index (Phi) is 4.39. The SMILES string of the molecule is COc1cccc(N2CCC3CCCCC3C2)c1[C@@H](C)O. The summed E-state index contributed by atoms with van der Waals surface area (Å²) in [5, 5.41) is 10.2. The summed E-state index contributed by atoms with van der Waals surface area (Å²) < 4.78 is 5.46. The van der Waals surface area contributed by atoms with Gasteiger partial charge in [-0.1, -0.05) is 25.3 Å². The van der Waals surface area contributed by atoms with E-state index in [2.05, 4.69) is 11.0 Å². The highest BCUT2D eigenvalue weighted by Crippen LogP contribution is 2.41. The molecule has 2 unspecified atom stereocenters. The smallest absolute Gasteiger partial charge is 0.126 e. The summed E-state index contributed by atoms with van der Waals surface area (Å²) in [4.78, 5) is 2.47. The zero-order chi connectivity index (χ0) is 14.8. The Morgan fingerprint density at radius 1 is 1.19 bits per heavy atom. The van der Waals surface area contributed by atoms with Gasteiger partial charge in [0.25, 0.3) is 0 Å². The van der Waals surface area contributed by atoms with E-state index in [1.807, 2.05) is 19.1 Å². The number of methoxy groups -OCH3 is 1. The Morgan fingerprint density at radius 2 is 1.95 bits per heavy atom. The van der Waals surface area contributed by atoms with Crippen molar-refractivity contribution in [3.8, 4) is 5.75 Å². The van der Waals surface area contributed by atoms with E-state index in [0.29, 0.717) is 0 Å². The molecule has 21 heavy (non-hydrogen) atoms. The molecule has 1 N–H and O–H groups in total. The molecule has 3 rings (SSSR count). The molecule has 3 heteroatoms. The number of hydrogen-bond acceptors (Lipinski definition) is 3. The lowest BCUT2D eigenvalue weighted by atomic mass is 9.75. The first kappa shape index (κ1) is 14.7. The monoisotopic (exact) mass is 289 g/mol. The van der Waals surface area contributed by atoms with Crippen LogP contribution in [-0.2, 0) is 0 Å². The van der Waals surface area contributed by atoms with Gasteiger partial charge in [-0.3, -0.25) is 0 Å². The standard InChI is InChI=1S/C18H27NO2/c1-13(20)18-16(8-5-9-17(18)21-2)19-11-10-14-6-3-4-7-15(14)12-19/h5,8-9,13-15,20H,3-4,6-7,10-12H2,1-2H3/t13-,14?,15?/m1/s1. The molecule has 1 saturated carbocycles. The molecule has 0 radical (unpaired) electrons. The van der Waals surface area contributed by atoms with Gasteiger partial charge in [-0.2, -0.15) is 0 Å². The normalized spacial score (nSPS) is 27.1. The van der Waals surface area contributed by atoms with Gasteiger partial charge in [0, 0.05) is 24.3 Å². The fourth-order valence-electron chi connectivity index (χ4n) is 4.23. The molecule has 0 aromatic heterocycles. The summed E-state index contributed by atoms with van der Waals surface area (Å²) in [6.07, 6.45) is 6.38. The van der Waals surface area contributed by atoms with Gasteiger partial charge in [-0.15, -0.1) is 0 Å². The Labute approximate surface area is 127 Å². The van der Waals surface area contributed by atoms with Crippen molar-refractivity contribution in [2.24, 2.45) is 11.8 Å². The molecule has 1 aliphatic heterocycles. The predicted molar refractivity (Wildman–Crippen MR) is 85.9 cm³/mol. The Hall–Kier alpha value is -1.22. The Bertz CT molecular complexity index is 486. The number of fused-ring (bicyclic) bond motifs is 1. The fourth-order valence-corrected chi connectivity index (χ4v) is 4.23. The van der Waals surface area contributed by atoms with Gasteiger partial charge in [-0.05, 0) is 43.7 Å². The number of anilines is 1. The van der Waals surface area contributed by atoms with Gasteiger partial charge in [-0.25, -0.2) is 0 Å². The van der Waals surface area contributed by atoms with Gasteiger partial charge < -0.3 is 14.7 Å². The second kappa shape index (κ2) is 6.27. The van der Waals surface area contributed by atoms with E-state index in [-0.39, 0.29) is 0 Å². The van der Waals surface area contributed by atoms with Crippen LogP contribution in [0.1, 0.15) is 50.7 Å². The van der Waals surface area contributed by atoms with Crippen LogP contribution in [0.25, 0.3) is 0 Å². The molecule has 0 bridgehead atoms. The van der Waals surface area contributed by atoms with Gasteiger partial charge in [0.05, 0.1) is 13.2 Å². The summed E-state index contributed by atoms with van der Waals surface area (Å²) in [5.41, 5.74) is 2.10. The van der Waals surface area contributed by atoms with Crippen molar-refractivity contribution >= 4 is 5.69 Å². The van der Waals surface area contributed by atoms with E-state index < -0.39 is 6.10 Å². The molecule has 1 heterocycles. The van der Waals surface area contributed by atoms with E-state index in [0.717, 1.165) is 41.9 Å². The van der Waals surface area contributed by atoms with Crippen LogP contribution in [0, 0.1) is 11.8 Å². The van der Waals surface area contributed by atoms with Gasteiger partial charge in [0.1, 0.15) is 5.75 Å². The van der Waals surface area contributed by atoms with Crippen molar-refractivity contribution in [3.63, 3.8) is 0 Å². The predicted octanol–water partition coefficient (Wildman–Crippen LogP) is 3.77. The maximum absolute atomic E-state index is 10.2. The minimum Gasteiger partial charge on any atom is -0.496 e. The largest absolute Gasteiger partial charge is 0.496 e. The van der Waals surface area contributed by atoms with Crippen LogP contribution in [0.3, 0.4) is 0 Å². The molecular weight excluding hydrogens is 262 g/mol. The number of piperidine rings is 1. The van der Waals surface area contributed by atoms with Crippen molar-refractivity contribution in [3.05, 3.63) is 23.8 Å². The molecule has 3 nitrogen and oxygen atoms in total. The average molecular weight is 289 g/mol. The number of aliphatic hydroxyl groups is 1. The van der Waals surface area contributed by atoms with Gasteiger partial charge in [0.2, 0.25) is 0 Å². The van der Waals surface area contributed by atoms with Crippen molar-refractivity contribution < 1.29 is 9.84 Å². The van der Waals surface area contributed by atoms with E-state index in [1.165, 1.54) is 32.1 Å². The molecule has 116 valence electrons. The molecule has 3 atom stereocenters. The molecule has 0 amide bonds. The summed E-state index contributed by atoms with van der Waals surface area (Å²) >= 11 is 0. The third-order valence-corrected chi connectivity index (χ3v) is 5.31. The molecule has 0 spiro atoms. The van der Waals surface area contributed by atoms with Crippen LogP contribution < -0.4 is 9.64 Å². The fraction of sp³-hybridized carbons (Fsp3) is 0.667. The number of benzene rings is 1. The third kappa shape index (κ3) is 2.89. The second-order valence-electron chi connectivity index (χ2n) is 6.61. The van der Waals surface area contributed by atoms with Gasteiger partial charge >= 0.3 is 0 Å². The number of hydrogen-bond donors (Lipinski definition) is 1. The van der Waals surface area contributed by atoms with Crippen LogP contribution in [0.15, 0.2) is 18.2 Å². The zero-order valence-corrected chi connectivity index (χ0v) is 13.2. The van der Waals surface area contributed by atoms with E-state index >= 15 is 0 Å². The topological polar surface area (TPSA) is 32.7 Å². The molecule has 1 aliphatic carbocycles. The third-order valence-electron chi connectivity index (χ3n) is 5.31. The number of nitrogens with zero attached hydrogens (tertiary/aromatic N) is 1. The number of rotatable bonds is 3. The van der Waals surface area contributed by atoms with E-state index in [9.17, 15) is 5.11 Å². The van der Waals surface area contributed by atoms with Crippen molar-refractivity contribution in [1.29, 1.82) is 0 Å². The second-order valence-corrected chi connectivity index (χ2v) is 6.61. The quantitative estimate of drug-likeness (QED) is 0.919. The first-order valence-corrected chi connectivity index (χ1v) is 8.30. The lowest BCUT2D eigenvalue weighted by Crippen LogP contribution is -2.42. The summed E-state index contributed by atoms with van der Waals surface area (Å²) in [7, 11) is 1.68. The van der Waals surface area contributed by atoms with Crippen molar-refractivity contribution in [2.45, 2.75) is 45.1 Å². The van der Waals surface area contributed by atoms with Crippen LogP contribution in [0.2, 0.25) is 0 Å². The first-order valence-electron chi connectivity index (χ1n) is 8.30. The maximum atomic E-state index is 10.2. The van der Waals surface area contributed by atoms with Crippen molar-refractivity contribution in [1.82, 2.24) is 0 Å². The van der Waals surface area contributed by atoms with E-state index in [1.54, 1.807) is 7.11 Å². The van der Waals surface area contributed by atoms with Crippen LogP contribution >= 0.6 is 0 Å². The molecule has 1 aromatic rings. The molecule has 2 aliphatic rings. The maximum Gasteiger partial charge on any atom is 0.126 e. The highest BCUT2D eigenvalue weighted by Gasteiger charge is 2.32. The zero-order valence-electron chi connectivity index (χ0n) is 13.2. The van der Waals surface area contributed by atoms with Crippen molar-refractivity contribution in [2.75, 3.05) is 25.1 Å². The average Bonchev–Trinajstić information content (AvgIpc) is 2.53.